The van der Waals surface area contributed by atoms with Gasteiger partial charge in [-0.3, -0.25) is 8.80 Å². The largest absolute Gasteiger partial charge is 0.469 e. The number of aromatic nitrogens is 8. The van der Waals surface area contributed by atoms with Gasteiger partial charge in [0.05, 0.1) is 12.5 Å². The molecule has 6 aromatic rings. The second-order valence-corrected chi connectivity index (χ2v) is 11.7. The maximum atomic E-state index is 5.40. The third kappa shape index (κ3) is 6.90. The third-order valence-electron chi connectivity index (χ3n) is 8.88. The summed E-state index contributed by atoms with van der Waals surface area (Å²) in [7, 11) is 0. The molecule has 10 nitrogen and oxygen atoms in total. The van der Waals surface area contributed by atoms with Crippen molar-refractivity contribution < 1.29 is 8.83 Å². The molecule has 6 aromatic heterocycles. The Morgan fingerprint density at radius 2 is 1.36 bits per heavy atom. The van der Waals surface area contributed by atoms with Crippen molar-refractivity contribution in [3.63, 3.8) is 0 Å². The van der Waals surface area contributed by atoms with E-state index < -0.39 is 0 Å². The van der Waals surface area contributed by atoms with Crippen LogP contribution in [-0.2, 0) is 25.7 Å². The zero-order valence-corrected chi connectivity index (χ0v) is 25.0. The number of fused-ring (bicyclic) bond motifs is 2. The molecule has 0 unspecified atom stereocenters. The van der Waals surface area contributed by atoms with E-state index in [0.717, 1.165) is 78.6 Å². The topological polar surface area (TPSA) is 112 Å². The zero-order valence-electron chi connectivity index (χ0n) is 25.0. The molecule has 1 fully saturated rings. The Kier molecular flexibility index (Phi) is 9.77. The SMILES string of the molecule is C.C1=C(c2cnc(CCc3ccco3)n3cnnc23)CCCC1.c1coc(CCc2ncc(C3CCCCC3)c3nncn23)c1. The van der Waals surface area contributed by atoms with Crippen LogP contribution in [0.15, 0.2) is 76.8 Å². The average Bonchev–Trinajstić information content (AvgIpc) is 3.92. The minimum atomic E-state index is 0. The summed E-state index contributed by atoms with van der Waals surface area (Å²) in [5.41, 5.74) is 5.64. The molecule has 0 aromatic carbocycles. The molecule has 45 heavy (non-hydrogen) atoms. The Balaban J connectivity index is 0.000000155. The summed E-state index contributed by atoms with van der Waals surface area (Å²) in [6, 6.07) is 7.82. The number of furan rings is 2. The number of nitrogens with zero attached hydrogens (tertiary/aromatic N) is 8. The monoisotopic (exact) mass is 606 g/mol. The molecule has 2 aliphatic rings. The molecule has 10 heteroatoms. The summed E-state index contributed by atoms with van der Waals surface area (Å²) in [5.74, 6) is 4.51. The first kappa shape index (κ1) is 30.4. The summed E-state index contributed by atoms with van der Waals surface area (Å²) in [6.45, 7) is 0. The van der Waals surface area contributed by atoms with Crippen molar-refractivity contribution in [1.29, 1.82) is 0 Å². The van der Waals surface area contributed by atoms with Crippen LogP contribution in [0.5, 0.6) is 0 Å². The Morgan fingerprint density at radius 1 is 0.711 bits per heavy atom. The van der Waals surface area contributed by atoms with E-state index in [2.05, 4.69) is 31.5 Å². The van der Waals surface area contributed by atoms with Gasteiger partial charge in [-0.15, -0.1) is 20.4 Å². The molecule has 0 spiro atoms. The molecule has 0 bridgehead atoms. The summed E-state index contributed by atoms with van der Waals surface area (Å²) in [4.78, 5) is 9.35. The van der Waals surface area contributed by atoms with Crippen LogP contribution in [0, 0.1) is 0 Å². The van der Waals surface area contributed by atoms with Crippen molar-refractivity contribution in [2.75, 3.05) is 0 Å². The molecule has 0 saturated heterocycles. The Morgan fingerprint density at radius 3 is 1.98 bits per heavy atom. The minimum absolute atomic E-state index is 0. The molecule has 0 amide bonds. The first-order valence-electron chi connectivity index (χ1n) is 15.9. The highest BCUT2D eigenvalue weighted by Gasteiger charge is 2.21. The van der Waals surface area contributed by atoms with E-state index in [0.29, 0.717) is 5.92 Å². The Bertz CT molecular complexity index is 1810. The second kappa shape index (κ2) is 14.5. The highest BCUT2D eigenvalue weighted by atomic mass is 16.3. The van der Waals surface area contributed by atoms with E-state index in [1.54, 1.807) is 25.2 Å². The van der Waals surface area contributed by atoms with Crippen LogP contribution in [-0.4, -0.2) is 39.2 Å². The normalized spacial score (nSPS) is 15.4. The molecule has 0 N–H and O–H groups in total. The maximum Gasteiger partial charge on any atom is 0.171 e. The lowest BCUT2D eigenvalue weighted by Gasteiger charge is -2.22. The third-order valence-corrected chi connectivity index (χ3v) is 8.88. The molecule has 8 rings (SSSR count). The molecule has 2 aliphatic carbocycles. The first-order valence-corrected chi connectivity index (χ1v) is 15.9. The number of aryl methyl sites for hydroxylation is 4. The van der Waals surface area contributed by atoms with Crippen LogP contribution in [0.2, 0.25) is 0 Å². The van der Waals surface area contributed by atoms with Gasteiger partial charge in [0, 0.05) is 49.2 Å². The lowest BCUT2D eigenvalue weighted by atomic mass is 9.85. The van der Waals surface area contributed by atoms with E-state index in [-0.39, 0.29) is 7.43 Å². The summed E-state index contributed by atoms with van der Waals surface area (Å²) in [5, 5.41) is 16.9. The molecule has 234 valence electrons. The molecule has 1 saturated carbocycles. The fraction of sp³-hybridized carbons (Fsp3) is 0.429. The predicted molar refractivity (Wildman–Crippen MR) is 173 cm³/mol. The van der Waals surface area contributed by atoms with Crippen LogP contribution in [0.3, 0.4) is 0 Å². The highest BCUT2D eigenvalue weighted by Crippen LogP contribution is 2.34. The molecule has 0 aliphatic heterocycles. The van der Waals surface area contributed by atoms with Crippen LogP contribution in [0.1, 0.15) is 105 Å². The maximum absolute atomic E-state index is 5.40. The van der Waals surface area contributed by atoms with Crippen LogP contribution < -0.4 is 0 Å². The van der Waals surface area contributed by atoms with E-state index in [9.17, 15) is 0 Å². The summed E-state index contributed by atoms with van der Waals surface area (Å²) >= 11 is 0. The van der Waals surface area contributed by atoms with Crippen molar-refractivity contribution in [3.8, 4) is 0 Å². The number of hydrogen-bond donors (Lipinski definition) is 0. The quantitative estimate of drug-likeness (QED) is 0.174. The van der Waals surface area contributed by atoms with Crippen LogP contribution >= 0.6 is 0 Å². The van der Waals surface area contributed by atoms with Gasteiger partial charge in [0.15, 0.2) is 11.3 Å². The summed E-state index contributed by atoms with van der Waals surface area (Å²) in [6.07, 6.45) is 27.8. The zero-order chi connectivity index (χ0) is 29.6. The number of hydrogen-bond acceptors (Lipinski definition) is 8. The molecule has 0 atom stereocenters. The Hall–Kier alpha value is -4.60. The summed E-state index contributed by atoms with van der Waals surface area (Å²) < 4.78 is 14.8. The van der Waals surface area contributed by atoms with Crippen molar-refractivity contribution in [2.45, 2.75) is 96.8 Å². The van der Waals surface area contributed by atoms with E-state index in [1.807, 2.05) is 45.5 Å². The molecular weight excluding hydrogens is 564 g/mol. The van der Waals surface area contributed by atoms with Crippen molar-refractivity contribution in [2.24, 2.45) is 0 Å². The van der Waals surface area contributed by atoms with Gasteiger partial charge in [0.1, 0.15) is 35.8 Å². The van der Waals surface area contributed by atoms with Crippen molar-refractivity contribution in [1.82, 2.24) is 39.2 Å². The molecule has 0 radical (unpaired) electrons. The highest BCUT2D eigenvalue weighted by molar-refractivity contribution is 5.75. The van der Waals surface area contributed by atoms with E-state index >= 15 is 0 Å². The fourth-order valence-corrected chi connectivity index (χ4v) is 6.51. The standard InChI is InChI=1S/C17H20N4O.C17H18N4O.CH4/c2*1-2-5-13(6-3-1)15-11-18-16(21-12-19-20-17(15)21)9-8-14-7-4-10-22-14;/h4,7,10-13H,1-3,5-6,8-9H2;4-5,7,10-12H,1-3,6,8-9H2;1H4. The smallest absolute Gasteiger partial charge is 0.171 e. The van der Waals surface area contributed by atoms with Gasteiger partial charge in [-0.05, 0) is 74.3 Å². The van der Waals surface area contributed by atoms with Crippen molar-refractivity contribution in [3.05, 3.63) is 102 Å². The lowest BCUT2D eigenvalue weighted by Crippen LogP contribution is -2.10. The van der Waals surface area contributed by atoms with Gasteiger partial charge in [-0.25, -0.2) is 9.97 Å². The molecular formula is C35H42N8O2. The Labute approximate surface area is 263 Å². The van der Waals surface area contributed by atoms with Crippen LogP contribution in [0.25, 0.3) is 16.9 Å². The first-order chi connectivity index (χ1) is 21.8. The predicted octanol–water partition coefficient (Wildman–Crippen LogP) is 7.65. The number of allylic oxidation sites excluding steroid dienone is 2. The average molecular weight is 607 g/mol. The van der Waals surface area contributed by atoms with Gasteiger partial charge >= 0.3 is 0 Å². The van der Waals surface area contributed by atoms with Crippen molar-refractivity contribution >= 4 is 16.9 Å². The van der Waals surface area contributed by atoms with Gasteiger partial charge in [0.25, 0.3) is 0 Å². The number of rotatable bonds is 8. The van der Waals surface area contributed by atoms with Gasteiger partial charge < -0.3 is 8.83 Å². The van der Waals surface area contributed by atoms with Gasteiger partial charge in [-0.1, -0.05) is 32.8 Å². The lowest BCUT2D eigenvalue weighted by molar-refractivity contribution is 0.443. The van der Waals surface area contributed by atoms with E-state index in [1.165, 1.54) is 56.1 Å². The van der Waals surface area contributed by atoms with Crippen LogP contribution in [0.4, 0.5) is 0 Å². The minimum Gasteiger partial charge on any atom is -0.469 e. The molecule has 6 heterocycles. The van der Waals surface area contributed by atoms with E-state index in [4.69, 9.17) is 13.8 Å². The van der Waals surface area contributed by atoms with Gasteiger partial charge in [-0.2, -0.15) is 0 Å². The second-order valence-electron chi connectivity index (χ2n) is 11.7. The fourth-order valence-electron chi connectivity index (χ4n) is 6.51. The van der Waals surface area contributed by atoms with Gasteiger partial charge in [0.2, 0.25) is 0 Å².